The molecule has 86 valence electrons. The van der Waals surface area contributed by atoms with Crippen LogP contribution >= 0.6 is 7.60 Å². The van der Waals surface area contributed by atoms with E-state index in [2.05, 4.69) is 22.2 Å². The molecule has 0 aromatic heterocycles. The maximum Gasteiger partial charge on any atom is 0.466 e. The highest BCUT2D eigenvalue weighted by atomic mass is 32.3. The van der Waals surface area contributed by atoms with E-state index in [1.807, 2.05) is 4.40 Å². The maximum absolute atomic E-state index is 12.0. The summed E-state index contributed by atoms with van der Waals surface area (Å²) in [6.07, 6.45) is 1.12. The predicted molar refractivity (Wildman–Crippen MR) is 47.6 cm³/mol. The molecule has 0 aliphatic heterocycles. The summed E-state index contributed by atoms with van der Waals surface area (Å²) in [6.45, 7) is 5.92. The van der Waals surface area contributed by atoms with Crippen LogP contribution in [0.4, 0.5) is 3.89 Å². The average Bonchev–Trinajstić information content (AvgIpc) is 2.01. The van der Waals surface area contributed by atoms with E-state index in [1.165, 1.54) is 0 Å². The first-order valence-electron chi connectivity index (χ1n) is 3.16. The van der Waals surface area contributed by atoms with Crippen LogP contribution in [0.15, 0.2) is 30.1 Å². The van der Waals surface area contributed by atoms with Crippen LogP contribution in [0.3, 0.4) is 0 Å². The second-order valence-corrected chi connectivity index (χ2v) is 4.63. The first-order valence-corrected chi connectivity index (χ1v) is 6.04. The van der Waals surface area contributed by atoms with Gasteiger partial charge in [0.05, 0.1) is 12.5 Å². The Labute approximate surface area is 85.4 Å². The zero-order chi connectivity index (χ0) is 12.1. The van der Waals surface area contributed by atoms with Crippen molar-refractivity contribution in [2.45, 2.75) is 0 Å². The van der Waals surface area contributed by atoms with Crippen molar-refractivity contribution in [2.24, 2.45) is 4.40 Å². The van der Waals surface area contributed by atoms with Crippen molar-refractivity contribution in [1.82, 2.24) is 0 Å². The van der Waals surface area contributed by atoms with Crippen LogP contribution in [0.1, 0.15) is 0 Å². The average molecular weight is 258 g/mol. The molecule has 0 bridgehead atoms. The third kappa shape index (κ3) is 4.61. The van der Waals surface area contributed by atoms with Gasteiger partial charge >= 0.3 is 18.0 Å². The molecule has 0 radical (unpaired) electrons. The standard InChI is InChI=1S/C5H7FNO6PS/c1-3-12-14(9,13-4-2)5(8)7-15(6,10)11/h3-4H,1-2H2,(H,7,8)/p-1. The molecule has 0 aromatic rings. The summed E-state index contributed by atoms with van der Waals surface area (Å²) in [7, 11) is -10.0. The van der Waals surface area contributed by atoms with Crippen molar-refractivity contribution in [2.75, 3.05) is 0 Å². The van der Waals surface area contributed by atoms with Gasteiger partial charge in [-0.2, -0.15) is 8.42 Å². The summed E-state index contributed by atoms with van der Waals surface area (Å²) in [5.41, 5.74) is -1.91. The molecule has 0 rings (SSSR count). The number of nitrogens with zero attached hydrogens (tertiary/aromatic N) is 1. The molecule has 0 fully saturated rings. The van der Waals surface area contributed by atoms with Gasteiger partial charge in [-0.25, -0.2) is 4.57 Å². The molecule has 15 heavy (non-hydrogen) atoms. The summed E-state index contributed by atoms with van der Waals surface area (Å²) < 4.78 is 53.4. The fourth-order valence-electron chi connectivity index (χ4n) is 0.455. The van der Waals surface area contributed by atoms with Crippen LogP contribution in [0.5, 0.6) is 0 Å². The molecule has 0 spiro atoms. The molecule has 0 aliphatic rings. The van der Waals surface area contributed by atoms with Gasteiger partial charge in [0.25, 0.3) is 0 Å². The molecule has 0 atom stereocenters. The third-order valence-electron chi connectivity index (χ3n) is 0.848. The van der Waals surface area contributed by atoms with E-state index >= 15 is 0 Å². The van der Waals surface area contributed by atoms with Crippen molar-refractivity contribution in [3.8, 4) is 0 Å². The van der Waals surface area contributed by atoms with E-state index in [1.54, 1.807) is 0 Å². The Bertz CT molecular complexity index is 415. The number of hydrogen-bond donors (Lipinski definition) is 0. The molecule has 0 N–H and O–H groups in total. The molecular weight excluding hydrogens is 252 g/mol. The molecule has 0 saturated carbocycles. The highest BCUT2D eigenvalue weighted by Crippen LogP contribution is 2.48. The molecule has 0 amide bonds. The minimum absolute atomic E-state index is 0.558. The van der Waals surface area contributed by atoms with E-state index < -0.39 is 23.6 Å². The second-order valence-electron chi connectivity index (χ2n) is 1.83. The van der Waals surface area contributed by atoms with Gasteiger partial charge in [0, 0.05) is 0 Å². The van der Waals surface area contributed by atoms with Crippen LogP contribution in [0, 0.1) is 0 Å². The fraction of sp³-hybridized carbons (Fsp3) is 0. The maximum atomic E-state index is 12.0. The van der Waals surface area contributed by atoms with Crippen molar-refractivity contribution >= 4 is 23.6 Å². The monoisotopic (exact) mass is 258 g/mol. The van der Waals surface area contributed by atoms with E-state index in [-0.39, 0.29) is 0 Å². The van der Waals surface area contributed by atoms with E-state index in [9.17, 15) is 22.0 Å². The summed E-state index contributed by atoms with van der Waals surface area (Å²) in [6, 6.07) is 0. The van der Waals surface area contributed by atoms with Crippen molar-refractivity contribution in [3.05, 3.63) is 25.7 Å². The lowest BCUT2D eigenvalue weighted by Gasteiger charge is -2.18. The number of rotatable bonds is 6. The zero-order valence-electron chi connectivity index (χ0n) is 7.20. The Kier molecular flexibility index (Phi) is 4.50. The largest absolute Gasteiger partial charge is 0.851 e. The van der Waals surface area contributed by atoms with Crippen LogP contribution < -0.4 is 5.11 Å². The summed E-state index contributed by atoms with van der Waals surface area (Å²) in [4.78, 5) is 0. The van der Waals surface area contributed by atoms with Crippen LogP contribution in [-0.4, -0.2) is 14.1 Å². The van der Waals surface area contributed by atoms with Crippen LogP contribution in [0.2, 0.25) is 0 Å². The molecule has 7 nitrogen and oxygen atoms in total. The van der Waals surface area contributed by atoms with Crippen molar-refractivity contribution in [3.63, 3.8) is 0 Å². The van der Waals surface area contributed by atoms with E-state index in [0.29, 0.717) is 12.5 Å². The highest BCUT2D eigenvalue weighted by molar-refractivity contribution is 7.86. The van der Waals surface area contributed by atoms with E-state index in [0.717, 1.165) is 0 Å². The third-order valence-corrected chi connectivity index (χ3v) is 2.79. The van der Waals surface area contributed by atoms with Gasteiger partial charge < -0.3 is 14.2 Å². The fourth-order valence-corrected chi connectivity index (χ4v) is 1.96. The normalized spacial score (nSPS) is 13.0. The molecule has 0 aliphatic carbocycles. The van der Waals surface area contributed by atoms with Crippen LogP contribution in [0.25, 0.3) is 0 Å². The van der Waals surface area contributed by atoms with E-state index in [4.69, 9.17) is 0 Å². The van der Waals surface area contributed by atoms with Gasteiger partial charge in [-0.3, -0.25) is 0 Å². The lowest BCUT2D eigenvalue weighted by atomic mass is 11.2. The smallest absolute Gasteiger partial charge is 0.466 e. The van der Waals surface area contributed by atoms with Gasteiger partial charge in [0.2, 0.25) is 0 Å². The van der Waals surface area contributed by atoms with Gasteiger partial charge in [-0.15, -0.1) is 4.40 Å². The molecule has 0 heterocycles. The Morgan fingerprint density at radius 3 is 2.07 bits per heavy atom. The Hall–Kier alpha value is -1.34. The van der Waals surface area contributed by atoms with Gasteiger partial charge in [0.15, 0.2) is 0 Å². The molecule has 10 heteroatoms. The number of hydrogen-bond acceptors (Lipinski definition) is 6. The molecular formula is C5H6FNO6PS-. The van der Waals surface area contributed by atoms with Gasteiger partial charge in [-0.1, -0.05) is 17.0 Å². The Morgan fingerprint density at radius 2 is 1.80 bits per heavy atom. The van der Waals surface area contributed by atoms with Crippen molar-refractivity contribution in [1.29, 1.82) is 0 Å². The predicted octanol–water partition coefficient (Wildman–Crippen LogP) is 0.430. The summed E-state index contributed by atoms with van der Waals surface area (Å²) >= 11 is 0. The van der Waals surface area contributed by atoms with Gasteiger partial charge in [0.1, 0.15) is 5.64 Å². The zero-order valence-corrected chi connectivity index (χ0v) is 8.91. The first kappa shape index (κ1) is 13.7. The Morgan fingerprint density at radius 1 is 1.40 bits per heavy atom. The highest BCUT2D eigenvalue weighted by Gasteiger charge is 2.27. The SMILES string of the molecule is C=COP(=O)(OC=C)/C([O-])=N/S(=O)(=O)F. The Balaban J connectivity index is 5.28. The molecule has 0 aromatic carbocycles. The minimum atomic E-state index is -5.47. The van der Waals surface area contributed by atoms with Gasteiger partial charge in [-0.05, 0) is 0 Å². The van der Waals surface area contributed by atoms with Crippen LogP contribution in [-0.2, 0) is 24.0 Å². The summed E-state index contributed by atoms with van der Waals surface area (Å²) in [5, 5.41) is 10.9. The second kappa shape index (κ2) is 4.94. The summed E-state index contributed by atoms with van der Waals surface area (Å²) in [5.74, 6) is 0. The first-order chi connectivity index (χ1) is 6.75. The number of halogens is 1. The van der Waals surface area contributed by atoms with Crippen molar-refractivity contribution < 1.29 is 31.0 Å². The molecule has 0 saturated heterocycles. The molecule has 0 unspecified atom stereocenters. The quantitative estimate of drug-likeness (QED) is 0.225. The topological polar surface area (TPSA) is 105 Å². The minimum Gasteiger partial charge on any atom is -0.851 e. The lowest BCUT2D eigenvalue weighted by molar-refractivity contribution is -0.208. The lowest BCUT2D eigenvalue weighted by Crippen LogP contribution is -2.20.